The molecule has 0 radical (unpaired) electrons. The molecule has 2 aromatic rings. The van der Waals surface area contributed by atoms with Gasteiger partial charge in [0.05, 0.1) is 24.1 Å². The van der Waals surface area contributed by atoms with Crippen molar-refractivity contribution in [2.45, 2.75) is 81.5 Å². The number of nitrogens with one attached hydrogen (secondary N) is 1. The molecule has 11 heteroatoms. The lowest BCUT2D eigenvalue weighted by atomic mass is 9.78. The number of carbonyl (C=O) groups is 3. The second-order valence-corrected chi connectivity index (χ2v) is 13.4. The number of carboxylic acids is 2. The lowest BCUT2D eigenvalue weighted by molar-refractivity contribution is -0.141. The summed E-state index contributed by atoms with van der Waals surface area (Å²) in [4.78, 5) is 58.0. The number of nitrogens with zero attached hydrogens (tertiary/aromatic N) is 4. The predicted molar refractivity (Wildman–Crippen MR) is 153 cm³/mol. The van der Waals surface area contributed by atoms with E-state index in [-0.39, 0.29) is 24.8 Å². The van der Waals surface area contributed by atoms with Gasteiger partial charge in [0.2, 0.25) is 0 Å². The van der Waals surface area contributed by atoms with E-state index in [0.29, 0.717) is 23.1 Å². The summed E-state index contributed by atoms with van der Waals surface area (Å²) in [6, 6.07) is 8.37. The Morgan fingerprint density at radius 2 is 1.57 bits per heavy atom. The fraction of sp³-hybridized carbons (Fsp3) is 0.645. The average Bonchev–Trinajstić information content (AvgIpc) is 3.46. The molecule has 2 saturated heterocycles. The highest BCUT2D eigenvalue weighted by molar-refractivity contribution is 5.93. The molecule has 6 bridgehead atoms. The summed E-state index contributed by atoms with van der Waals surface area (Å²) in [7, 11) is 0. The van der Waals surface area contributed by atoms with Crippen LogP contribution in [0, 0.1) is 17.8 Å². The summed E-state index contributed by atoms with van der Waals surface area (Å²) in [6.07, 6.45) is 11.0. The van der Waals surface area contributed by atoms with Crippen molar-refractivity contribution in [2.24, 2.45) is 17.8 Å². The molecule has 1 amide bonds. The molecule has 0 spiro atoms. The quantitative estimate of drug-likeness (QED) is 0.387. The average molecular weight is 578 g/mol. The van der Waals surface area contributed by atoms with Crippen molar-refractivity contribution < 1.29 is 24.6 Å². The number of amides is 1. The first-order valence-corrected chi connectivity index (χ1v) is 15.5. The van der Waals surface area contributed by atoms with E-state index in [1.807, 2.05) is 28.8 Å². The Bertz CT molecular complexity index is 1450. The van der Waals surface area contributed by atoms with Crippen LogP contribution in [0.1, 0.15) is 74.3 Å². The number of piperidine rings is 1. The highest BCUT2D eigenvalue weighted by Gasteiger charge is 2.64. The van der Waals surface area contributed by atoms with Crippen LogP contribution in [0.15, 0.2) is 29.1 Å². The van der Waals surface area contributed by atoms with E-state index < -0.39 is 36.5 Å². The van der Waals surface area contributed by atoms with Gasteiger partial charge in [-0.25, -0.2) is 4.98 Å². The normalized spacial score (nSPS) is 33.1. The molecule has 4 atom stereocenters. The van der Waals surface area contributed by atoms with Crippen LogP contribution in [-0.4, -0.2) is 91.2 Å². The molecule has 2 aliphatic heterocycles. The van der Waals surface area contributed by atoms with Crippen molar-refractivity contribution in [1.82, 2.24) is 24.7 Å². The van der Waals surface area contributed by atoms with Gasteiger partial charge in [0.25, 0.3) is 11.5 Å². The van der Waals surface area contributed by atoms with Gasteiger partial charge < -0.3 is 20.1 Å². The molecular formula is C31H39N5O6. The first-order valence-electron chi connectivity index (χ1n) is 15.5. The van der Waals surface area contributed by atoms with Crippen LogP contribution in [0.2, 0.25) is 0 Å². The molecule has 4 unspecified atom stereocenters. The lowest BCUT2D eigenvalue weighted by Gasteiger charge is -2.52. The van der Waals surface area contributed by atoms with Crippen molar-refractivity contribution in [1.29, 1.82) is 0 Å². The van der Waals surface area contributed by atoms with Crippen LogP contribution >= 0.6 is 0 Å². The van der Waals surface area contributed by atoms with Crippen LogP contribution in [0.25, 0.3) is 11.0 Å². The number of aliphatic carboxylic acids is 2. The molecule has 11 nitrogen and oxygen atoms in total. The molecular weight excluding hydrogens is 538 g/mol. The highest BCUT2D eigenvalue weighted by atomic mass is 16.4. The van der Waals surface area contributed by atoms with E-state index in [4.69, 9.17) is 10.2 Å². The first-order chi connectivity index (χ1) is 20.2. The third-order valence-electron chi connectivity index (χ3n) is 11.0. The van der Waals surface area contributed by atoms with Crippen molar-refractivity contribution >= 4 is 28.9 Å². The Balaban J connectivity index is 1.13. The maximum absolute atomic E-state index is 14.0. The van der Waals surface area contributed by atoms with Crippen LogP contribution in [0.5, 0.6) is 0 Å². The predicted octanol–water partition coefficient (Wildman–Crippen LogP) is 2.34. The molecule has 8 rings (SSSR count). The number of benzene rings is 1. The van der Waals surface area contributed by atoms with Gasteiger partial charge in [-0.05, 0) is 87.7 Å². The summed E-state index contributed by atoms with van der Waals surface area (Å²) in [5.74, 6) is -0.324. The fourth-order valence-corrected chi connectivity index (χ4v) is 9.93. The zero-order valence-electron chi connectivity index (χ0n) is 23.8. The van der Waals surface area contributed by atoms with Crippen molar-refractivity contribution in [2.75, 3.05) is 26.2 Å². The van der Waals surface area contributed by atoms with Gasteiger partial charge >= 0.3 is 11.9 Å². The smallest absolute Gasteiger partial charge is 0.317 e. The summed E-state index contributed by atoms with van der Waals surface area (Å²) in [5, 5.41) is 20.8. The van der Waals surface area contributed by atoms with E-state index in [9.17, 15) is 19.2 Å². The summed E-state index contributed by atoms with van der Waals surface area (Å²) < 4.78 is 1.82. The van der Waals surface area contributed by atoms with Gasteiger partial charge in [-0.15, -0.1) is 0 Å². The number of carboxylic acid groups (broad SMARTS) is 2. The van der Waals surface area contributed by atoms with Gasteiger partial charge in [-0.2, -0.15) is 0 Å². The minimum Gasteiger partial charge on any atom is -0.480 e. The third kappa shape index (κ3) is 4.61. The highest BCUT2D eigenvalue weighted by Crippen LogP contribution is 2.65. The second kappa shape index (κ2) is 10.4. The van der Waals surface area contributed by atoms with Gasteiger partial charge in [0.15, 0.2) is 5.69 Å². The fourth-order valence-electron chi connectivity index (χ4n) is 9.93. The van der Waals surface area contributed by atoms with Crippen LogP contribution in [-0.2, 0) is 9.59 Å². The summed E-state index contributed by atoms with van der Waals surface area (Å²) in [5.41, 5.74) is 1.11. The second-order valence-electron chi connectivity index (χ2n) is 13.4. The maximum atomic E-state index is 14.0. The van der Waals surface area contributed by atoms with Gasteiger partial charge in [-0.1, -0.05) is 12.1 Å². The molecule has 4 aliphatic carbocycles. The Morgan fingerprint density at radius 3 is 2.21 bits per heavy atom. The van der Waals surface area contributed by atoms with Crippen molar-refractivity contribution in [3.63, 3.8) is 0 Å². The number of fused-ring (bicyclic) bond motifs is 3. The maximum Gasteiger partial charge on any atom is 0.317 e. The molecule has 1 aromatic carbocycles. The van der Waals surface area contributed by atoms with Gasteiger partial charge in [0.1, 0.15) is 0 Å². The standard InChI is InChI=1S/C31H39N5O6/c37-26(38)16-34(17-27(39)40)8-7-32-29(41)28-30(42)35(25-4-2-1-3-24(25)33-28)23-12-21-5-6-22(13-23)36(21)31-14-18-9-19(15-31)11-20(31)10-18/h1-4,18-23H,5-17H2,(H,32,41)(H,37,38)(H,39,40). The van der Waals surface area contributed by atoms with E-state index >= 15 is 0 Å². The van der Waals surface area contributed by atoms with Crippen molar-refractivity contribution in [3.05, 3.63) is 40.3 Å². The minimum atomic E-state index is -1.16. The largest absolute Gasteiger partial charge is 0.480 e. The number of hydrogen-bond acceptors (Lipinski definition) is 7. The molecule has 42 heavy (non-hydrogen) atoms. The van der Waals surface area contributed by atoms with E-state index in [0.717, 1.165) is 36.1 Å². The minimum absolute atomic E-state index is 0.0123. The topological polar surface area (TPSA) is 145 Å². The number of para-hydroxylation sites is 2. The molecule has 6 aliphatic rings. The zero-order chi connectivity index (χ0) is 29.2. The van der Waals surface area contributed by atoms with Gasteiger partial charge in [-0.3, -0.25) is 29.0 Å². The Labute approximate surface area is 243 Å². The lowest BCUT2D eigenvalue weighted by Crippen LogP contribution is -2.58. The van der Waals surface area contributed by atoms with Crippen molar-refractivity contribution in [3.8, 4) is 0 Å². The number of aromatic nitrogens is 2. The molecule has 3 heterocycles. The Kier molecular flexibility index (Phi) is 6.84. The Hall–Kier alpha value is -3.31. The Morgan fingerprint density at radius 1 is 0.929 bits per heavy atom. The number of hydrogen-bond donors (Lipinski definition) is 3. The van der Waals surface area contributed by atoms with Crippen LogP contribution < -0.4 is 10.9 Å². The molecule has 6 fully saturated rings. The van der Waals surface area contributed by atoms with E-state index in [1.54, 1.807) is 0 Å². The van der Waals surface area contributed by atoms with E-state index in [1.165, 1.54) is 49.8 Å². The van der Waals surface area contributed by atoms with Crippen LogP contribution in [0.3, 0.4) is 0 Å². The van der Waals surface area contributed by atoms with E-state index in [2.05, 4.69) is 15.2 Å². The SMILES string of the molecule is O=C(O)CN(CCNC(=O)c1nc2ccccc2n(C2CC3CCC(C2)N3C23CC4CC(CC2C4)C3)c1=O)CC(=O)O. The molecule has 3 N–H and O–H groups in total. The monoisotopic (exact) mass is 577 g/mol. The van der Waals surface area contributed by atoms with Gasteiger partial charge in [0, 0.05) is 36.8 Å². The molecule has 1 aromatic heterocycles. The molecule has 224 valence electrons. The summed E-state index contributed by atoms with van der Waals surface area (Å²) >= 11 is 0. The van der Waals surface area contributed by atoms with Crippen LogP contribution in [0.4, 0.5) is 0 Å². The summed E-state index contributed by atoms with van der Waals surface area (Å²) in [6.45, 7) is -0.930. The number of rotatable bonds is 10. The number of carbonyl (C=O) groups excluding carboxylic acids is 1. The molecule has 4 saturated carbocycles. The third-order valence-corrected chi connectivity index (χ3v) is 11.0. The first kappa shape index (κ1) is 27.5. The zero-order valence-corrected chi connectivity index (χ0v) is 23.8.